The van der Waals surface area contributed by atoms with E-state index in [2.05, 4.69) is 9.88 Å². The zero-order chi connectivity index (χ0) is 19.1. The van der Waals surface area contributed by atoms with E-state index in [1.165, 1.54) is 6.07 Å². The Hall–Kier alpha value is -1.67. The van der Waals surface area contributed by atoms with Gasteiger partial charge in [0.1, 0.15) is 5.69 Å². The summed E-state index contributed by atoms with van der Waals surface area (Å²) in [6.45, 7) is 3.85. The number of carbonyl (C=O) groups excluding carboxylic acids is 1. The van der Waals surface area contributed by atoms with Gasteiger partial charge in [-0.3, -0.25) is 14.7 Å². The van der Waals surface area contributed by atoms with Crippen LogP contribution in [-0.2, 0) is 10.9 Å². The van der Waals surface area contributed by atoms with E-state index >= 15 is 0 Å². The molecule has 3 aliphatic rings. The Morgan fingerprint density at radius 2 is 2.15 bits per heavy atom. The highest BCUT2D eigenvalue weighted by atomic mass is 19.4. The van der Waals surface area contributed by atoms with Crippen molar-refractivity contribution < 1.29 is 22.7 Å². The van der Waals surface area contributed by atoms with Crippen LogP contribution in [0, 0.1) is 0 Å². The third kappa shape index (κ3) is 3.69. The van der Waals surface area contributed by atoms with Crippen molar-refractivity contribution in [2.45, 2.75) is 49.9 Å². The number of rotatable bonds is 3. The summed E-state index contributed by atoms with van der Waals surface area (Å²) in [5, 5.41) is 0. The molecule has 0 N–H and O–H groups in total. The highest BCUT2D eigenvalue weighted by Gasteiger charge is 2.48. The van der Waals surface area contributed by atoms with Gasteiger partial charge in [0.25, 0.3) is 5.91 Å². The molecular weight excluding hydrogens is 359 g/mol. The number of aromatic nitrogens is 1. The highest BCUT2D eigenvalue weighted by Crippen LogP contribution is 2.40. The maximum absolute atomic E-state index is 12.9. The molecule has 8 heteroatoms. The summed E-state index contributed by atoms with van der Waals surface area (Å²) in [4.78, 5) is 20.3. The van der Waals surface area contributed by atoms with Crippen LogP contribution >= 0.6 is 0 Å². The van der Waals surface area contributed by atoms with Gasteiger partial charge in [-0.05, 0) is 44.2 Å². The SMILES string of the molecule is O=C(c1ccnc(C(F)(F)F)c1)N1CCC[C@]2(CCN2C[C@H]2CCCO2)C1. The molecule has 5 nitrogen and oxygen atoms in total. The summed E-state index contributed by atoms with van der Waals surface area (Å²) in [7, 11) is 0. The van der Waals surface area contributed by atoms with Gasteiger partial charge in [0.2, 0.25) is 0 Å². The standard InChI is InChI=1S/C19H24F3N3O2/c20-19(21,22)16-11-14(4-7-23-16)17(26)24-8-2-5-18(13-24)6-9-25(18)12-15-3-1-10-27-15/h4,7,11,15H,1-3,5-6,8-10,12-13H2/t15-,18+/m1/s1. The van der Waals surface area contributed by atoms with Crippen molar-refractivity contribution in [3.63, 3.8) is 0 Å². The van der Waals surface area contributed by atoms with Crippen LogP contribution in [0.1, 0.15) is 48.2 Å². The van der Waals surface area contributed by atoms with E-state index in [-0.39, 0.29) is 23.1 Å². The predicted molar refractivity (Wildman–Crippen MR) is 92.3 cm³/mol. The zero-order valence-electron chi connectivity index (χ0n) is 15.2. The topological polar surface area (TPSA) is 45.7 Å². The van der Waals surface area contributed by atoms with Gasteiger partial charge in [0.15, 0.2) is 0 Å². The number of pyridine rings is 1. The third-order valence-electron chi connectivity index (χ3n) is 6.11. The molecule has 148 valence electrons. The first-order valence-electron chi connectivity index (χ1n) is 9.57. The molecule has 1 aromatic heterocycles. The van der Waals surface area contributed by atoms with Gasteiger partial charge in [-0.15, -0.1) is 0 Å². The average molecular weight is 383 g/mol. The highest BCUT2D eigenvalue weighted by molar-refractivity contribution is 5.94. The van der Waals surface area contributed by atoms with Gasteiger partial charge in [-0.2, -0.15) is 13.2 Å². The van der Waals surface area contributed by atoms with Crippen molar-refractivity contribution in [2.75, 3.05) is 32.8 Å². The minimum atomic E-state index is -4.55. The lowest BCUT2D eigenvalue weighted by molar-refractivity contribution is -0.141. The lowest BCUT2D eigenvalue weighted by atomic mass is 9.77. The number of hydrogen-bond acceptors (Lipinski definition) is 4. The van der Waals surface area contributed by atoms with Crippen LogP contribution < -0.4 is 0 Å². The summed E-state index contributed by atoms with van der Waals surface area (Å²) in [6.07, 6.45) is 1.86. The molecule has 27 heavy (non-hydrogen) atoms. The number of likely N-dealkylation sites (tertiary alicyclic amines) is 2. The first kappa shape index (κ1) is 18.7. The number of halogens is 3. The van der Waals surface area contributed by atoms with Crippen LogP contribution in [0.25, 0.3) is 0 Å². The summed E-state index contributed by atoms with van der Waals surface area (Å²) in [5.41, 5.74) is -1.01. The Balaban J connectivity index is 1.46. The predicted octanol–water partition coefficient (Wildman–Crippen LogP) is 2.96. The van der Waals surface area contributed by atoms with Crippen molar-refractivity contribution in [2.24, 2.45) is 0 Å². The van der Waals surface area contributed by atoms with E-state index in [1.54, 1.807) is 4.90 Å². The van der Waals surface area contributed by atoms with Gasteiger partial charge < -0.3 is 9.64 Å². The molecule has 3 fully saturated rings. The molecule has 4 heterocycles. The van der Waals surface area contributed by atoms with Crippen molar-refractivity contribution in [3.05, 3.63) is 29.6 Å². The normalized spacial score (nSPS) is 29.1. The third-order valence-corrected chi connectivity index (χ3v) is 6.11. The molecular formula is C19H24F3N3O2. The molecule has 0 aliphatic carbocycles. The molecule has 2 atom stereocenters. The Kier molecular flexibility index (Phi) is 4.88. The molecule has 0 saturated carbocycles. The van der Waals surface area contributed by atoms with E-state index in [0.29, 0.717) is 13.1 Å². The van der Waals surface area contributed by atoms with Crippen LogP contribution in [0.5, 0.6) is 0 Å². The van der Waals surface area contributed by atoms with Crippen LogP contribution in [0.2, 0.25) is 0 Å². The Morgan fingerprint density at radius 1 is 1.30 bits per heavy atom. The zero-order valence-corrected chi connectivity index (χ0v) is 15.2. The average Bonchev–Trinajstić information content (AvgIpc) is 3.18. The number of alkyl halides is 3. The summed E-state index contributed by atoms with van der Waals surface area (Å²) >= 11 is 0. The molecule has 3 saturated heterocycles. The Morgan fingerprint density at radius 3 is 2.81 bits per heavy atom. The van der Waals surface area contributed by atoms with Gasteiger partial charge >= 0.3 is 6.18 Å². The summed E-state index contributed by atoms with van der Waals surface area (Å²) < 4.78 is 44.4. The molecule has 0 aromatic carbocycles. The van der Waals surface area contributed by atoms with Crippen LogP contribution in [0.4, 0.5) is 13.2 Å². The first-order valence-corrected chi connectivity index (χ1v) is 9.57. The molecule has 0 bridgehead atoms. The van der Waals surface area contributed by atoms with Gasteiger partial charge in [-0.1, -0.05) is 0 Å². The van der Waals surface area contributed by atoms with E-state index in [0.717, 1.165) is 64.1 Å². The molecule has 3 aliphatic heterocycles. The van der Waals surface area contributed by atoms with Crippen LogP contribution in [0.15, 0.2) is 18.3 Å². The van der Waals surface area contributed by atoms with Gasteiger partial charge in [0.05, 0.1) is 6.10 Å². The maximum Gasteiger partial charge on any atom is 0.433 e. The van der Waals surface area contributed by atoms with Gasteiger partial charge in [0, 0.05) is 50.1 Å². The molecule has 0 radical (unpaired) electrons. The lowest BCUT2D eigenvalue weighted by Crippen LogP contribution is -2.68. The first-order chi connectivity index (χ1) is 12.9. The van der Waals surface area contributed by atoms with Crippen LogP contribution in [-0.4, -0.2) is 65.1 Å². The smallest absolute Gasteiger partial charge is 0.377 e. The van der Waals surface area contributed by atoms with E-state index in [1.807, 2.05) is 0 Å². The number of piperidine rings is 1. The molecule has 1 amide bonds. The lowest BCUT2D eigenvalue weighted by Gasteiger charge is -2.57. The van der Waals surface area contributed by atoms with Crippen LogP contribution in [0.3, 0.4) is 0 Å². The molecule has 1 spiro atoms. The Bertz CT molecular complexity index is 706. The summed E-state index contributed by atoms with van der Waals surface area (Å²) in [6, 6.07) is 2.22. The van der Waals surface area contributed by atoms with E-state index < -0.39 is 11.9 Å². The number of hydrogen-bond donors (Lipinski definition) is 0. The van der Waals surface area contributed by atoms with Crippen molar-refractivity contribution in [1.29, 1.82) is 0 Å². The minimum Gasteiger partial charge on any atom is -0.377 e. The number of carbonyl (C=O) groups is 1. The second-order valence-corrected chi connectivity index (χ2v) is 7.81. The number of amides is 1. The largest absolute Gasteiger partial charge is 0.433 e. The molecule has 4 rings (SSSR count). The van der Waals surface area contributed by atoms with Crippen molar-refractivity contribution in [1.82, 2.24) is 14.8 Å². The fourth-order valence-corrected chi connectivity index (χ4v) is 4.55. The fourth-order valence-electron chi connectivity index (χ4n) is 4.55. The quantitative estimate of drug-likeness (QED) is 0.805. The minimum absolute atomic E-state index is 0.0419. The Labute approximate surface area is 156 Å². The van der Waals surface area contributed by atoms with E-state index in [4.69, 9.17) is 4.74 Å². The van der Waals surface area contributed by atoms with Crippen molar-refractivity contribution in [3.8, 4) is 0 Å². The number of ether oxygens (including phenoxy) is 1. The second-order valence-electron chi connectivity index (χ2n) is 7.81. The summed E-state index contributed by atoms with van der Waals surface area (Å²) in [5.74, 6) is -0.342. The van der Waals surface area contributed by atoms with E-state index in [9.17, 15) is 18.0 Å². The molecule has 0 unspecified atom stereocenters. The van der Waals surface area contributed by atoms with Gasteiger partial charge in [-0.25, -0.2) is 0 Å². The second kappa shape index (κ2) is 7.05. The fraction of sp³-hybridized carbons (Fsp3) is 0.684. The number of nitrogens with zero attached hydrogens (tertiary/aromatic N) is 3. The van der Waals surface area contributed by atoms with Crippen molar-refractivity contribution >= 4 is 5.91 Å². The maximum atomic E-state index is 12.9. The molecule has 1 aromatic rings. The monoisotopic (exact) mass is 383 g/mol.